The molecule has 0 saturated carbocycles. The standard InChI is InChI=1S/C19H21N3O2S/c1-13-5-3-4-6-18(13)15-11-14(2)21(12-15)19(25)20-16-7-9-17(10-8-16)22(23)24/h3-10,14-15H,11-12H2,1-2H3,(H,20,25). The van der Waals surface area contributed by atoms with E-state index in [0.29, 0.717) is 17.1 Å². The molecular formula is C19H21N3O2S. The quantitative estimate of drug-likeness (QED) is 0.500. The summed E-state index contributed by atoms with van der Waals surface area (Å²) in [6.45, 7) is 5.21. The van der Waals surface area contributed by atoms with Crippen LogP contribution < -0.4 is 5.32 Å². The Morgan fingerprint density at radius 3 is 2.56 bits per heavy atom. The van der Waals surface area contributed by atoms with Gasteiger partial charge in [-0.3, -0.25) is 10.1 Å². The van der Waals surface area contributed by atoms with Crippen LogP contribution in [0.15, 0.2) is 48.5 Å². The Kier molecular flexibility index (Phi) is 4.99. The summed E-state index contributed by atoms with van der Waals surface area (Å²) in [5.41, 5.74) is 3.54. The molecule has 3 rings (SSSR count). The second kappa shape index (κ2) is 7.19. The van der Waals surface area contributed by atoms with Gasteiger partial charge in [-0.05, 0) is 55.7 Å². The van der Waals surface area contributed by atoms with Gasteiger partial charge in [0.2, 0.25) is 0 Å². The molecular weight excluding hydrogens is 334 g/mol. The fraction of sp³-hybridized carbons (Fsp3) is 0.316. The first-order valence-electron chi connectivity index (χ1n) is 8.33. The molecule has 0 aliphatic carbocycles. The van der Waals surface area contributed by atoms with Crippen molar-refractivity contribution in [3.63, 3.8) is 0 Å². The molecule has 1 aliphatic rings. The van der Waals surface area contributed by atoms with E-state index in [0.717, 1.165) is 18.7 Å². The maximum Gasteiger partial charge on any atom is 0.269 e. The zero-order chi connectivity index (χ0) is 18.0. The highest BCUT2D eigenvalue weighted by molar-refractivity contribution is 7.80. The minimum Gasteiger partial charge on any atom is -0.346 e. The van der Waals surface area contributed by atoms with E-state index in [2.05, 4.69) is 48.3 Å². The smallest absolute Gasteiger partial charge is 0.269 e. The van der Waals surface area contributed by atoms with Gasteiger partial charge in [0, 0.05) is 36.3 Å². The number of nitrogens with one attached hydrogen (secondary N) is 1. The summed E-state index contributed by atoms with van der Waals surface area (Å²) in [5.74, 6) is 0.466. The molecule has 5 nitrogen and oxygen atoms in total. The minimum atomic E-state index is -0.405. The normalized spacial score (nSPS) is 19.7. The van der Waals surface area contributed by atoms with Crippen molar-refractivity contribution in [3.8, 4) is 0 Å². The highest BCUT2D eigenvalue weighted by atomic mass is 32.1. The Morgan fingerprint density at radius 2 is 1.92 bits per heavy atom. The van der Waals surface area contributed by atoms with Gasteiger partial charge in [-0.2, -0.15) is 0 Å². The lowest BCUT2D eigenvalue weighted by molar-refractivity contribution is -0.384. The molecule has 2 aromatic rings. The van der Waals surface area contributed by atoms with Gasteiger partial charge in [0.25, 0.3) is 5.69 Å². The minimum absolute atomic E-state index is 0.0747. The number of nitrogens with zero attached hydrogens (tertiary/aromatic N) is 2. The van der Waals surface area contributed by atoms with Crippen LogP contribution in [0, 0.1) is 17.0 Å². The molecule has 2 aromatic carbocycles. The van der Waals surface area contributed by atoms with Crippen LogP contribution >= 0.6 is 12.2 Å². The number of aryl methyl sites for hydroxylation is 1. The molecule has 6 heteroatoms. The third kappa shape index (κ3) is 3.79. The molecule has 0 bridgehead atoms. The van der Waals surface area contributed by atoms with E-state index in [1.54, 1.807) is 12.1 Å². The number of hydrogen-bond acceptors (Lipinski definition) is 3. The number of nitro groups is 1. The Labute approximate surface area is 152 Å². The molecule has 25 heavy (non-hydrogen) atoms. The summed E-state index contributed by atoms with van der Waals surface area (Å²) in [4.78, 5) is 12.5. The van der Waals surface area contributed by atoms with Gasteiger partial charge in [0.1, 0.15) is 0 Å². The summed E-state index contributed by atoms with van der Waals surface area (Å²) in [5, 5.41) is 14.6. The van der Waals surface area contributed by atoms with Crippen LogP contribution in [-0.4, -0.2) is 27.5 Å². The second-order valence-electron chi connectivity index (χ2n) is 6.52. The molecule has 1 heterocycles. The van der Waals surface area contributed by atoms with Gasteiger partial charge in [-0.25, -0.2) is 0 Å². The molecule has 0 radical (unpaired) electrons. The van der Waals surface area contributed by atoms with Gasteiger partial charge in [0.05, 0.1) is 4.92 Å². The third-order valence-electron chi connectivity index (χ3n) is 4.79. The lowest BCUT2D eigenvalue weighted by atomic mass is 9.93. The van der Waals surface area contributed by atoms with Crippen molar-refractivity contribution < 1.29 is 4.92 Å². The number of thiocarbonyl (C=S) groups is 1. The largest absolute Gasteiger partial charge is 0.346 e. The first kappa shape index (κ1) is 17.4. The third-order valence-corrected chi connectivity index (χ3v) is 5.13. The highest BCUT2D eigenvalue weighted by Gasteiger charge is 2.32. The fourth-order valence-corrected chi connectivity index (χ4v) is 3.82. The number of likely N-dealkylation sites (tertiary alicyclic amines) is 1. The molecule has 2 atom stereocenters. The van der Waals surface area contributed by atoms with Crippen molar-refractivity contribution in [3.05, 3.63) is 69.8 Å². The van der Waals surface area contributed by atoms with Gasteiger partial charge < -0.3 is 10.2 Å². The predicted octanol–water partition coefficient (Wildman–Crippen LogP) is 4.48. The fourth-order valence-electron chi connectivity index (χ4n) is 3.45. The predicted molar refractivity (Wildman–Crippen MR) is 104 cm³/mol. The van der Waals surface area contributed by atoms with E-state index in [4.69, 9.17) is 12.2 Å². The lowest BCUT2D eigenvalue weighted by Gasteiger charge is -2.25. The number of hydrogen-bond donors (Lipinski definition) is 1. The Morgan fingerprint density at radius 1 is 1.24 bits per heavy atom. The zero-order valence-corrected chi connectivity index (χ0v) is 15.1. The molecule has 1 fully saturated rings. The molecule has 130 valence electrons. The van der Waals surface area contributed by atoms with Crippen LogP contribution in [0.3, 0.4) is 0 Å². The van der Waals surface area contributed by atoms with Crippen molar-refractivity contribution in [2.75, 3.05) is 11.9 Å². The SMILES string of the molecule is Cc1ccccc1C1CC(C)N(C(=S)Nc2ccc([N+](=O)[O-])cc2)C1. The summed E-state index contributed by atoms with van der Waals surface area (Å²) in [7, 11) is 0. The van der Waals surface area contributed by atoms with Crippen LogP contribution in [0.25, 0.3) is 0 Å². The molecule has 2 unspecified atom stereocenters. The van der Waals surface area contributed by atoms with Crippen molar-refractivity contribution >= 4 is 28.7 Å². The number of rotatable bonds is 3. The average molecular weight is 355 g/mol. The van der Waals surface area contributed by atoms with Crippen LogP contribution in [0.1, 0.15) is 30.4 Å². The Balaban J connectivity index is 1.68. The summed E-state index contributed by atoms with van der Waals surface area (Å²) < 4.78 is 0. The number of anilines is 1. The molecule has 1 saturated heterocycles. The number of non-ortho nitro benzene ring substituents is 1. The second-order valence-corrected chi connectivity index (χ2v) is 6.91. The van der Waals surface area contributed by atoms with Crippen LogP contribution in [-0.2, 0) is 0 Å². The molecule has 0 amide bonds. The molecule has 0 aromatic heterocycles. The maximum atomic E-state index is 10.7. The first-order chi connectivity index (χ1) is 12.0. The topological polar surface area (TPSA) is 58.4 Å². The van der Waals surface area contributed by atoms with Gasteiger partial charge in [-0.15, -0.1) is 0 Å². The van der Waals surface area contributed by atoms with Gasteiger partial charge in [0.15, 0.2) is 5.11 Å². The first-order valence-corrected chi connectivity index (χ1v) is 8.74. The average Bonchev–Trinajstić information content (AvgIpc) is 2.97. The highest BCUT2D eigenvalue weighted by Crippen LogP contribution is 2.33. The Bertz CT molecular complexity index is 792. The van der Waals surface area contributed by atoms with Gasteiger partial charge in [-0.1, -0.05) is 24.3 Å². The molecule has 1 aliphatic heterocycles. The Hall–Kier alpha value is -2.47. The van der Waals surface area contributed by atoms with Crippen molar-refractivity contribution in [1.82, 2.24) is 4.90 Å². The lowest BCUT2D eigenvalue weighted by Crippen LogP contribution is -2.37. The molecule has 1 N–H and O–H groups in total. The summed E-state index contributed by atoms with van der Waals surface area (Å²) in [6.07, 6.45) is 1.06. The van der Waals surface area contributed by atoms with Crippen LogP contribution in [0.2, 0.25) is 0 Å². The summed E-state index contributed by atoms with van der Waals surface area (Å²) in [6, 6.07) is 15.2. The van der Waals surface area contributed by atoms with E-state index < -0.39 is 4.92 Å². The van der Waals surface area contributed by atoms with Crippen LogP contribution in [0.4, 0.5) is 11.4 Å². The van der Waals surface area contributed by atoms with E-state index in [-0.39, 0.29) is 5.69 Å². The zero-order valence-electron chi connectivity index (χ0n) is 14.3. The van der Waals surface area contributed by atoms with Crippen LogP contribution in [0.5, 0.6) is 0 Å². The van der Waals surface area contributed by atoms with Crippen molar-refractivity contribution in [2.45, 2.75) is 32.2 Å². The monoisotopic (exact) mass is 355 g/mol. The summed E-state index contributed by atoms with van der Waals surface area (Å²) >= 11 is 5.57. The molecule has 0 spiro atoms. The van der Waals surface area contributed by atoms with E-state index in [1.165, 1.54) is 23.3 Å². The van der Waals surface area contributed by atoms with Crippen molar-refractivity contribution in [2.24, 2.45) is 0 Å². The number of benzene rings is 2. The van der Waals surface area contributed by atoms with E-state index in [1.807, 2.05) is 0 Å². The van der Waals surface area contributed by atoms with E-state index in [9.17, 15) is 10.1 Å². The number of nitro benzene ring substituents is 1. The maximum absolute atomic E-state index is 10.7. The van der Waals surface area contributed by atoms with E-state index >= 15 is 0 Å². The van der Waals surface area contributed by atoms with Gasteiger partial charge >= 0.3 is 0 Å². The van der Waals surface area contributed by atoms with Crippen molar-refractivity contribution in [1.29, 1.82) is 0 Å².